The standard InChI is InChI=1S/C32H32FN3O6S.Na/c33-26-18-23(10-15-30(26)42-16-6-1-2-7-17-43(39,40)41)20-28-32(38)36-21-29(24-11-13-25(37)14-12-24)34-27(31(36)35-28)19-22-8-4-3-5-9-22;/h3-5,8-15,18,21,34,37H,1-2,6-7,16-17,19-20H2,(H,39,40,41);/q;+1/p-1. The molecule has 0 aliphatic carbocycles. The Morgan fingerprint density at radius 2 is 1.66 bits per heavy atom. The average molecular weight is 628 g/mol. The number of nitrogens with one attached hydrogen (secondary N) is 1. The zero-order valence-electron chi connectivity index (χ0n) is 24.3. The van der Waals surface area contributed by atoms with Gasteiger partial charge in [0.1, 0.15) is 11.4 Å². The number of phenolic OH excluding ortho intramolecular Hbond substituents is 1. The molecule has 5 rings (SSSR count). The number of nitrogens with zero attached hydrogens (tertiary/aromatic N) is 2. The Morgan fingerprint density at radius 1 is 0.932 bits per heavy atom. The Balaban J connectivity index is 0.00000442. The SMILES string of the molecule is O=c1c(Cc2ccc(OCCCCCCS(=O)(=O)[O-])c(F)c2)nc2c(Cc3ccccc3)[nH]c(-c3ccc(O)cc3)cn1-2.[Na+]. The number of aromatic amines is 1. The molecule has 0 radical (unpaired) electrons. The van der Waals surface area contributed by atoms with Crippen molar-refractivity contribution < 1.29 is 56.8 Å². The van der Waals surface area contributed by atoms with Gasteiger partial charge in [0, 0.05) is 24.8 Å². The first-order chi connectivity index (χ1) is 20.7. The summed E-state index contributed by atoms with van der Waals surface area (Å²) in [6.07, 6.45) is 4.44. The molecule has 224 valence electrons. The molecular formula is C32H31FN3NaO6S. The molecule has 2 heterocycles. The van der Waals surface area contributed by atoms with E-state index in [0.29, 0.717) is 49.2 Å². The first-order valence-corrected chi connectivity index (χ1v) is 15.6. The molecule has 0 saturated heterocycles. The number of fused-ring (bicyclic) bond motifs is 1. The number of rotatable bonds is 13. The van der Waals surface area contributed by atoms with Gasteiger partial charge in [-0.3, -0.25) is 9.36 Å². The van der Waals surface area contributed by atoms with E-state index in [2.05, 4.69) is 9.97 Å². The summed E-state index contributed by atoms with van der Waals surface area (Å²) in [4.78, 5) is 21.6. The molecule has 0 spiro atoms. The van der Waals surface area contributed by atoms with Crippen molar-refractivity contribution in [1.82, 2.24) is 14.5 Å². The van der Waals surface area contributed by atoms with Gasteiger partial charge in [-0.2, -0.15) is 0 Å². The second-order valence-electron chi connectivity index (χ2n) is 10.4. The quantitative estimate of drug-likeness (QED) is 0.116. The summed E-state index contributed by atoms with van der Waals surface area (Å²) >= 11 is 0. The minimum Gasteiger partial charge on any atom is -0.748 e. The van der Waals surface area contributed by atoms with Crippen molar-refractivity contribution in [3.8, 4) is 28.6 Å². The number of hydrogen-bond acceptors (Lipinski definition) is 7. The smallest absolute Gasteiger partial charge is 0.748 e. The van der Waals surface area contributed by atoms with Crippen molar-refractivity contribution >= 4 is 10.1 Å². The fourth-order valence-electron chi connectivity index (χ4n) is 4.88. The molecule has 2 N–H and O–H groups in total. The third-order valence-electron chi connectivity index (χ3n) is 7.06. The van der Waals surface area contributed by atoms with Crippen LogP contribution in [0.5, 0.6) is 11.5 Å². The van der Waals surface area contributed by atoms with Crippen LogP contribution < -0.4 is 39.9 Å². The van der Waals surface area contributed by atoms with Gasteiger partial charge >= 0.3 is 29.6 Å². The molecule has 3 aromatic rings. The van der Waals surface area contributed by atoms with Gasteiger partial charge in [-0.1, -0.05) is 49.2 Å². The summed E-state index contributed by atoms with van der Waals surface area (Å²) < 4.78 is 53.9. The third kappa shape index (κ3) is 8.80. The van der Waals surface area contributed by atoms with E-state index in [-0.39, 0.29) is 71.1 Å². The Kier molecular flexibility index (Phi) is 11.4. The van der Waals surface area contributed by atoms with E-state index < -0.39 is 15.9 Å². The van der Waals surface area contributed by atoms with Crippen molar-refractivity contribution in [2.45, 2.75) is 38.5 Å². The third-order valence-corrected chi connectivity index (χ3v) is 7.85. The predicted molar refractivity (Wildman–Crippen MR) is 159 cm³/mol. The number of benzene rings is 3. The van der Waals surface area contributed by atoms with Gasteiger partial charge in [0.05, 0.1) is 28.1 Å². The molecular weight excluding hydrogens is 596 g/mol. The minimum absolute atomic E-state index is 0. The molecule has 0 atom stereocenters. The molecule has 0 amide bonds. The van der Waals surface area contributed by atoms with Gasteiger partial charge in [-0.15, -0.1) is 0 Å². The maximum absolute atomic E-state index is 14.8. The first kappa shape index (κ1) is 33.4. The molecule has 0 aromatic heterocycles. The number of hydrogen-bond donors (Lipinski definition) is 2. The number of halogens is 1. The van der Waals surface area contributed by atoms with Crippen LogP contribution in [0, 0.1) is 5.82 Å². The Bertz CT molecular complexity index is 1830. The normalized spacial score (nSPS) is 11.4. The first-order valence-electron chi connectivity index (χ1n) is 14.0. The van der Waals surface area contributed by atoms with Crippen molar-refractivity contribution in [2.75, 3.05) is 12.4 Å². The number of unbranched alkanes of at least 4 members (excludes halogenated alkanes) is 3. The van der Waals surface area contributed by atoms with Gasteiger partial charge in [-0.05, 0) is 65.9 Å². The summed E-state index contributed by atoms with van der Waals surface area (Å²) in [7, 11) is -4.20. The van der Waals surface area contributed by atoms with Crippen LogP contribution in [0.2, 0.25) is 0 Å². The zero-order valence-corrected chi connectivity index (χ0v) is 27.1. The van der Waals surface area contributed by atoms with Gasteiger partial charge in [0.2, 0.25) is 0 Å². The van der Waals surface area contributed by atoms with Crippen LogP contribution in [0.25, 0.3) is 17.1 Å². The summed E-state index contributed by atoms with van der Waals surface area (Å²) in [5.74, 6) is -0.229. The van der Waals surface area contributed by atoms with Crippen LogP contribution in [0.1, 0.15) is 48.2 Å². The van der Waals surface area contributed by atoms with Gasteiger partial charge in [-0.25, -0.2) is 17.8 Å². The molecule has 2 aliphatic rings. The van der Waals surface area contributed by atoms with E-state index >= 15 is 0 Å². The Morgan fingerprint density at radius 3 is 2.36 bits per heavy atom. The number of H-pyrrole nitrogens is 1. The molecule has 9 nitrogen and oxygen atoms in total. The van der Waals surface area contributed by atoms with Gasteiger partial charge in [0.15, 0.2) is 17.4 Å². The minimum atomic E-state index is -4.20. The summed E-state index contributed by atoms with van der Waals surface area (Å²) in [6.45, 7) is 0.252. The van der Waals surface area contributed by atoms with Gasteiger partial charge in [0.25, 0.3) is 5.56 Å². The Hall–Kier alpha value is -3.48. The van der Waals surface area contributed by atoms with Crippen molar-refractivity contribution in [1.29, 1.82) is 0 Å². The van der Waals surface area contributed by atoms with Crippen LogP contribution in [-0.4, -0.2) is 45.0 Å². The molecule has 0 unspecified atom stereocenters. The molecule has 0 fully saturated rings. The summed E-state index contributed by atoms with van der Waals surface area (Å²) in [5.41, 5.74) is 3.79. The van der Waals surface area contributed by atoms with Crippen molar-refractivity contribution in [3.05, 3.63) is 118 Å². The largest absolute Gasteiger partial charge is 1.00 e. The number of ether oxygens (including phenoxy) is 1. The molecule has 0 saturated carbocycles. The number of imidazole rings is 1. The number of aromatic nitrogens is 3. The topological polar surface area (TPSA) is 137 Å². The second kappa shape index (κ2) is 15.0. The van der Waals surface area contributed by atoms with Crippen LogP contribution in [0.4, 0.5) is 4.39 Å². The number of aromatic hydroxyl groups is 1. The van der Waals surface area contributed by atoms with E-state index in [0.717, 1.165) is 16.8 Å². The molecule has 2 aliphatic heterocycles. The van der Waals surface area contributed by atoms with Crippen LogP contribution in [0.15, 0.2) is 83.8 Å². The van der Waals surface area contributed by atoms with Crippen LogP contribution >= 0.6 is 0 Å². The second-order valence-corrected chi connectivity index (χ2v) is 11.9. The summed E-state index contributed by atoms with van der Waals surface area (Å²) in [6, 6.07) is 21.0. The molecule has 0 bridgehead atoms. The molecule has 12 heteroatoms. The molecule has 3 aromatic carbocycles. The number of phenols is 1. The fraction of sp³-hybridized carbons (Fsp3) is 0.250. The van der Waals surface area contributed by atoms with Crippen molar-refractivity contribution in [2.24, 2.45) is 0 Å². The molecule has 44 heavy (non-hydrogen) atoms. The van der Waals surface area contributed by atoms with E-state index in [4.69, 9.17) is 4.74 Å². The summed E-state index contributed by atoms with van der Waals surface area (Å²) in [5, 5.41) is 9.72. The van der Waals surface area contributed by atoms with Crippen LogP contribution in [0.3, 0.4) is 0 Å². The van der Waals surface area contributed by atoms with Crippen LogP contribution in [-0.2, 0) is 23.0 Å². The van der Waals surface area contributed by atoms with Gasteiger partial charge < -0.3 is 19.4 Å². The maximum Gasteiger partial charge on any atom is 1.00 e. The monoisotopic (exact) mass is 627 g/mol. The Labute approximate surface area is 277 Å². The maximum atomic E-state index is 14.8. The fourth-order valence-corrected chi connectivity index (χ4v) is 5.44. The van der Waals surface area contributed by atoms with E-state index in [1.807, 2.05) is 30.3 Å². The average Bonchev–Trinajstić information content (AvgIpc) is 3.29. The van der Waals surface area contributed by atoms with E-state index in [9.17, 15) is 27.3 Å². The predicted octanol–water partition coefficient (Wildman–Crippen LogP) is 2.18. The van der Waals surface area contributed by atoms with E-state index in [1.165, 1.54) is 16.7 Å². The zero-order chi connectivity index (χ0) is 30.4. The van der Waals surface area contributed by atoms with E-state index in [1.54, 1.807) is 36.5 Å². The van der Waals surface area contributed by atoms with Crippen molar-refractivity contribution in [3.63, 3.8) is 0 Å².